The molecule has 0 heterocycles. The number of amides is 2. The maximum Gasteiger partial charge on any atom is 0.315 e. The van der Waals surface area contributed by atoms with E-state index in [0.29, 0.717) is 18.9 Å². The van der Waals surface area contributed by atoms with Crippen LogP contribution < -0.4 is 10.6 Å². The molecule has 0 aromatic rings. The summed E-state index contributed by atoms with van der Waals surface area (Å²) in [6, 6.07) is -0.556. The fourth-order valence-electron chi connectivity index (χ4n) is 1.43. The Balaban J connectivity index is 3.98. The third-order valence-corrected chi connectivity index (χ3v) is 2.70. The number of hydrogen-bond acceptors (Lipinski definition) is 2. The summed E-state index contributed by atoms with van der Waals surface area (Å²) in [5, 5.41) is 14.2. The van der Waals surface area contributed by atoms with Gasteiger partial charge in [0.25, 0.3) is 0 Å². The molecular formula is C12H24N2O3. The fourth-order valence-corrected chi connectivity index (χ4v) is 1.43. The van der Waals surface area contributed by atoms with Gasteiger partial charge in [-0.05, 0) is 12.3 Å². The molecule has 3 N–H and O–H groups in total. The average molecular weight is 244 g/mol. The second-order valence-electron chi connectivity index (χ2n) is 4.45. The molecule has 5 heteroatoms. The van der Waals surface area contributed by atoms with Gasteiger partial charge in [0, 0.05) is 12.6 Å². The van der Waals surface area contributed by atoms with E-state index < -0.39 is 5.97 Å². The number of carboxylic acid groups (broad SMARTS) is 1. The number of carbonyl (C=O) groups excluding carboxylic acids is 1. The van der Waals surface area contributed by atoms with E-state index in [0.717, 1.165) is 12.8 Å². The molecule has 0 spiro atoms. The highest BCUT2D eigenvalue weighted by atomic mass is 16.4. The van der Waals surface area contributed by atoms with Crippen molar-refractivity contribution in [1.82, 2.24) is 10.6 Å². The third-order valence-electron chi connectivity index (χ3n) is 2.70. The first-order valence-corrected chi connectivity index (χ1v) is 6.25. The second kappa shape index (κ2) is 8.84. The number of nitrogens with one attached hydrogen (secondary N) is 2. The van der Waals surface area contributed by atoms with E-state index in [1.807, 2.05) is 6.92 Å². The summed E-state index contributed by atoms with van der Waals surface area (Å²) >= 11 is 0. The normalized spacial score (nSPS) is 13.8. The minimum atomic E-state index is -0.884. The molecule has 0 aliphatic heterocycles. The molecule has 0 aliphatic carbocycles. The Kier molecular flexibility index (Phi) is 8.19. The van der Waals surface area contributed by atoms with Crippen LogP contribution in [0, 0.1) is 5.92 Å². The summed E-state index contributed by atoms with van der Waals surface area (Å²) in [7, 11) is 0. The average Bonchev–Trinajstić information content (AvgIpc) is 2.25. The van der Waals surface area contributed by atoms with Gasteiger partial charge in [0.15, 0.2) is 0 Å². The van der Waals surface area contributed by atoms with Crippen LogP contribution in [0.1, 0.15) is 46.5 Å². The van der Waals surface area contributed by atoms with Crippen molar-refractivity contribution in [3.8, 4) is 0 Å². The zero-order valence-corrected chi connectivity index (χ0v) is 11.0. The van der Waals surface area contributed by atoms with E-state index in [2.05, 4.69) is 24.5 Å². The highest BCUT2D eigenvalue weighted by Crippen LogP contribution is 2.02. The lowest BCUT2D eigenvalue weighted by molar-refractivity contribution is -0.137. The Bertz CT molecular complexity index is 244. The predicted molar refractivity (Wildman–Crippen MR) is 66.9 cm³/mol. The minimum absolute atomic E-state index is 0.0232. The van der Waals surface area contributed by atoms with Crippen molar-refractivity contribution in [3.63, 3.8) is 0 Å². The smallest absolute Gasteiger partial charge is 0.315 e. The number of rotatable bonds is 8. The van der Waals surface area contributed by atoms with E-state index in [9.17, 15) is 9.59 Å². The Morgan fingerprint density at radius 2 is 1.94 bits per heavy atom. The molecule has 2 atom stereocenters. The molecule has 0 radical (unpaired) electrons. The fraction of sp³-hybridized carbons (Fsp3) is 0.833. The standard InChI is InChI=1S/C12H24N2O3/c1-4-6-10(7-11(15)16)14-12(17)13-8-9(3)5-2/h9-10H,4-8H2,1-3H3,(H,15,16)(H2,13,14,17). The lowest BCUT2D eigenvalue weighted by atomic mass is 10.1. The number of hydrogen-bond donors (Lipinski definition) is 3. The summed E-state index contributed by atoms with van der Waals surface area (Å²) in [6.45, 7) is 6.71. The Hall–Kier alpha value is -1.26. The second-order valence-corrected chi connectivity index (χ2v) is 4.45. The van der Waals surface area contributed by atoms with Crippen LogP contribution in [-0.4, -0.2) is 29.7 Å². The number of aliphatic carboxylic acids is 1. The predicted octanol–water partition coefficient (Wildman–Crippen LogP) is 1.98. The van der Waals surface area contributed by atoms with E-state index in [1.165, 1.54) is 0 Å². The minimum Gasteiger partial charge on any atom is -0.481 e. The van der Waals surface area contributed by atoms with Crippen molar-refractivity contribution in [2.75, 3.05) is 6.54 Å². The number of carbonyl (C=O) groups is 2. The monoisotopic (exact) mass is 244 g/mol. The largest absolute Gasteiger partial charge is 0.481 e. The first kappa shape index (κ1) is 15.7. The summed E-state index contributed by atoms with van der Waals surface area (Å²) in [5.74, 6) is -0.449. The van der Waals surface area contributed by atoms with Crippen molar-refractivity contribution in [3.05, 3.63) is 0 Å². The quantitative estimate of drug-likeness (QED) is 0.611. The summed E-state index contributed by atoms with van der Waals surface area (Å²) < 4.78 is 0. The molecule has 0 aromatic heterocycles. The third kappa shape index (κ3) is 8.54. The first-order valence-electron chi connectivity index (χ1n) is 6.25. The summed E-state index contributed by atoms with van der Waals surface area (Å²) in [4.78, 5) is 22.1. The zero-order chi connectivity index (χ0) is 13.3. The number of carboxylic acids is 1. The van der Waals surface area contributed by atoms with Gasteiger partial charge in [0.05, 0.1) is 6.42 Å². The van der Waals surface area contributed by atoms with Crippen molar-refractivity contribution in [1.29, 1.82) is 0 Å². The van der Waals surface area contributed by atoms with Crippen LogP contribution in [0.2, 0.25) is 0 Å². The lowest BCUT2D eigenvalue weighted by Gasteiger charge is -2.17. The van der Waals surface area contributed by atoms with Crippen LogP contribution in [-0.2, 0) is 4.79 Å². The summed E-state index contributed by atoms with van der Waals surface area (Å²) in [6.07, 6.45) is 2.52. The Morgan fingerprint density at radius 3 is 2.41 bits per heavy atom. The van der Waals surface area contributed by atoms with E-state index in [-0.39, 0.29) is 18.5 Å². The topological polar surface area (TPSA) is 78.4 Å². The van der Waals surface area contributed by atoms with Crippen molar-refractivity contribution < 1.29 is 14.7 Å². The highest BCUT2D eigenvalue weighted by molar-refractivity contribution is 5.75. The van der Waals surface area contributed by atoms with Crippen LogP contribution in [0.3, 0.4) is 0 Å². The number of urea groups is 1. The zero-order valence-electron chi connectivity index (χ0n) is 11.0. The van der Waals surface area contributed by atoms with Gasteiger partial charge in [-0.2, -0.15) is 0 Å². The first-order chi connectivity index (χ1) is 7.99. The molecule has 2 unspecified atom stereocenters. The van der Waals surface area contributed by atoms with Crippen LogP contribution in [0.15, 0.2) is 0 Å². The highest BCUT2D eigenvalue weighted by Gasteiger charge is 2.14. The molecule has 5 nitrogen and oxygen atoms in total. The molecule has 0 rings (SSSR count). The maximum absolute atomic E-state index is 11.5. The molecule has 0 saturated heterocycles. The maximum atomic E-state index is 11.5. The van der Waals surface area contributed by atoms with Gasteiger partial charge in [0.1, 0.15) is 0 Å². The SMILES string of the molecule is CCCC(CC(=O)O)NC(=O)NCC(C)CC. The Morgan fingerprint density at radius 1 is 1.29 bits per heavy atom. The van der Waals surface area contributed by atoms with Crippen molar-refractivity contribution >= 4 is 12.0 Å². The van der Waals surface area contributed by atoms with Crippen LogP contribution in [0.4, 0.5) is 4.79 Å². The molecule has 0 saturated carbocycles. The van der Waals surface area contributed by atoms with E-state index >= 15 is 0 Å². The lowest BCUT2D eigenvalue weighted by Crippen LogP contribution is -2.44. The van der Waals surface area contributed by atoms with Gasteiger partial charge in [-0.3, -0.25) is 4.79 Å². The van der Waals surface area contributed by atoms with Gasteiger partial charge >= 0.3 is 12.0 Å². The summed E-state index contributed by atoms with van der Waals surface area (Å²) in [5.41, 5.74) is 0. The molecule has 0 aliphatic rings. The van der Waals surface area contributed by atoms with Crippen LogP contribution in [0.25, 0.3) is 0 Å². The van der Waals surface area contributed by atoms with Crippen LogP contribution >= 0.6 is 0 Å². The molecule has 100 valence electrons. The molecule has 0 bridgehead atoms. The Labute approximate surface area is 103 Å². The van der Waals surface area contributed by atoms with Gasteiger partial charge < -0.3 is 15.7 Å². The van der Waals surface area contributed by atoms with Crippen molar-refractivity contribution in [2.24, 2.45) is 5.92 Å². The van der Waals surface area contributed by atoms with Crippen LogP contribution in [0.5, 0.6) is 0 Å². The van der Waals surface area contributed by atoms with Gasteiger partial charge in [-0.1, -0.05) is 33.6 Å². The van der Waals surface area contributed by atoms with E-state index in [1.54, 1.807) is 0 Å². The molecule has 0 fully saturated rings. The molecular weight excluding hydrogens is 220 g/mol. The molecule has 2 amide bonds. The van der Waals surface area contributed by atoms with Gasteiger partial charge in [0.2, 0.25) is 0 Å². The molecule has 17 heavy (non-hydrogen) atoms. The van der Waals surface area contributed by atoms with Crippen molar-refractivity contribution in [2.45, 2.75) is 52.5 Å². The van der Waals surface area contributed by atoms with E-state index in [4.69, 9.17) is 5.11 Å². The van der Waals surface area contributed by atoms with Gasteiger partial charge in [-0.25, -0.2) is 4.79 Å². The van der Waals surface area contributed by atoms with Gasteiger partial charge in [-0.15, -0.1) is 0 Å². The molecule has 0 aromatic carbocycles.